The van der Waals surface area contributed by atoms with Gasteiger partial charge in [-0.05, 0) is 51.0 Å². The number of hydrogen-bond donors (Lipinski definition) is 5. The number of aliphatic hydroxyl groups excluding tert-OH is 1. The summed E-state index contributed by atoms with van der Waals surface area (Å²) >= 11 is 0. The van der Waals surface area contributed by atoms with Gasteiger partial charge in [0.2, 0.25) is 11.8 Å². The Bertz CT molecular complexity index is 2400. The van der Waals surface area contributed by atoms with Crippen molar-refractivity contribution in [2.75, 3.05) is 52.3 Å². The highest BCUT2D eigenvalue weighted by Gasteiger charge is 2.33. The standard InChI is InChI=1S/C23H30FN5O3.C13H16F2N2O.C10H15N3O2.ClH/c1-5-6-9-23(2,14-30)29-21-20-18(10-16(24)13-25-20)27-22(28-21)26-12-15-7-8-17(31-3)11-19(15)32-4;1-3-4-5-13(2)8-18-12(17-13)11-10(15)6-9(14)7-16-11;1-14-8-4-3-7(6-13-10(11)12)9(5-8)15-2;/h7-8,10-11,13,30H,5-6,9,12,14H2,1-4H3,(H2,26,27,28,29);6-7H,3-5,8H2,1-2H3;3-5H,6H2,1-2H3,(H4,11,12,13);1H/t23-;13-;;/m11../s1. The first-order valence-electron chi connectivity index (χ1n) is 21.1. The number of fused-ring (bicyclic) bond motifs is 1. The molecule has 0 radical (unpaired) electrons. The van der Waals surface area contributed by atoms with Gasteiger partial charge in [0.05, 0.1) is 70.6 Å². The number of guanidine groups is 1. The maximum absolute atomic E-state index is 13.9. The van der Waals surface area contributed by atoms with Gasteiger partial charge in [-0.3, -0.25) is 0 Å². The Hall–Kier alpha value is -6.34. The fourth-order valence-corrected chi connectivity index (χ4v) is 6.44. The second-order valence-corrected chi connectivity index (χ2v) is 15.6. The third kappa shape index (κ3) is 15.7. The van der Waals surface area contributed by atoms with Gasteiger partial charge in [-0.25, -0.2) is 38.1 Å². The number of ether oxygens (including phenoxy) is 5. The number of rotatable bonds is 19. The Labute approximate surface area is 390 Å². The third-order valence-electron chi connectivity index (χ3n) is 10.2. The normalized spacial score (nSPS) is 14.6. The Kier molecular flexibility index (Phi) is 21.2. The second kappa shape index (κ2) is 26.0. The molecule has 360 valence electrons. The molecule has 66 heavy (non-hydrogen) atoms. The van der Waals surface area contributed by atoms with Crippen molar-refractivity contribution in [3.05, 3.63) is 95.2 Å². The molecule has 7 N–H and O–H groups in total. The molecule has 3 aromatic heterocycles. The number of aliphatic imine (C=N–C) groups is 2. The third-order valence-corrected chi connectivity index (χ3v) is 10.2. The topological polar surface area (TPSA) is 219 Å². The molecule has 0 spiro atoms. The van der Waals surface area contributed by atoms with Crippen LogP contribution in [-0.4, -0.2) is 89.6 Å². The lowest BCUT2D eigenvalue weighted by Gasteiger charge is -2.29. The van der Waals surface area contributed by atoms with Gasteiger partial charge < -0.3 is 50.9 Å². The fourth-order valence-electron chi connectivity index (χ4n) is 6.44. The van der Waals surface area contributed by atoms with E-state index in [0.717, 1.165) is 73.9 Å². The van der Waals surface area contributed by atoms with Gasteiger partial charge in [-0.15, -0.1) is 12.4 Å². The maximum atomic E-state index is 13.9. The summed E-state index contributed by atoms with van der Waals surface area (Å²) in [5.74, 6) is 1.84. The summed E-state index contributed by atoms with van der Waals surface area (Å²) in [7, 11) is 6.38. The minimum atomic E-state index is -0.742. The van der Waals surface area contributed by atoms with E-state index in [9.17, 15) is 18.3 Å². The maximum Gasteiger partial charge on any atom is 0.239 e. The van der Waals surface area contributed by atoms with Crippen LogP contribution in [0, 0.1) is 17.5 Å². The molecule has 0 bridgehead atoms. The smallest absolute Gasteiger partial charge is 0.239 e. The summed E-state index contributed by atoms with van der Waals surface area (Å²) in [6.07, 6.45) is 7.79. The van der Waals surface area contributed by atoms with Gasteiger partial charge in [0.15, 0.2) is 23.3 Å². The molecule has 5 aromatic rings. The average Bonchev–Trinajstić information content (AvgIpc) is 3.70. The highest BCUT2D eigenvalue weighted by Crippen LogP contribution is 2.30. The number of methoxy groups -OCH3 is 4. The quantitative estimate of drug-likeness (QED) is 0.0390. The molecule has 4 heterocycles. The summed E-state index contributed by atoms with van der Waals surface area (Å²) in [4.78, 5) is 25.2. The summed E-state index contributed by atoms with van der Waals surface area (Å²) in [6.45, 7) is 9.21. The number of aliphatic hydroxyl groups is 1. The largest absolute Gasteiger partial charge is 0.497 e. The van der Waals surface area contributed by atoms with Crippen molar-refractivity contribution in [2.24, 2.45) is 21.5 Å². The zero-order valence-electron chi connectivity index (χ0n) is 38.7. The van der Waals surface area contributed by atoms with Crippen LogP contribution < -0.4 is 41.0 Å². The molecule has 0 fully saturated rings. The van der Waals surface area contributed by atoms with Crippen molar-refractivity contribution in [1.29, 1.82) is 0 Å². The Balaban J connectivity index is 0.000000287. The zero-order valence-corrected chi connectivity index (χ0v) is 39.5. The lowest BCUT2D eigenvalue weighted by atomic mass is 9.96. The van der Waals surface area contributed by atoms with E-state index >= 15 is 0 Å². The number of benzene rings is 2. The number of aromatic nitrogens is 4. The zero-order chi connectivity index (χ0) is 47.6. The Morgan fingerprint density at radius 3 is 2.08 bits per heavy atom. The van der Waals surface area contributed by atoms with E-state index in [1.54, 1.807) is 40.6 Å². The van der Waals surface area contributed by atoms with Gasteiger partial charge in [-0.1, -0.05) is 39.5 Å². The number of pyridine rings is 2. The minimum absolute atomic E-state index is 0. The highest BCUT2D eigenvalue weighted by molar-refractivity contribution is 5.93. The molecule has 2 atom stereocenters. The molecule has 1 aliphatic heterocycles. The molecule has 2 aromatic carbocycles. The summed E-state index contributed by atoms with van der Waals surface area (Å²) < 4.78 is 66.5. The molecule has 6 rings (SSSR count). The lowest BCUT2D eigenvalue weighted by Crippen LogP contribution is -2.39. The molecule has 0 aliphatic carbocycles. The summed E-state index contributed by atoms with van der Waals surface area (Å²) in [5.41, 5.74) is 12.2. The van der Waals surface area contributed by atoms with E-state index in [2.05, 4.69) is 54.4 Å². The minimum Gasteiger partial charge on any atom is -0.497 e. The van der Waals surface area contributed by atoms with E-state index in [-0.39, 0.29) is 42.1 Å². The second-order valence-electron chi connectivity index (χ2n) is 15.6. The Morgan fingerprint density at radius 1 is 0.864 bits per heavy atom. The van der Waals surface area contributed by atoms with Crippen molar-refractivity contribution < 1.29 is 42.0 Å². The van der Waals surface area contributed by atoms with Gasteiger partial charge in [0.1, 0.15) is 46.8 Å². The van der Waals surface area contributed by atoms with Gasteiger partial charge in [0.25, 0.3) is 0 Å². The lowest BCUT2D eigenvalue weighted by molar-refractivity contribution is 0.212. The molecule has 0 saturated heterocycles. The predicted molar refractivity (Wildman–Crippen MR) is 254 cm³/mol. The van der Waals surface area contributed by atoms with Crippen molar-refractivity contribution >= 4 is 47.1 Å². The van der Waals surface area contributed by atoms with Crippen LogP contribution in [-0.2, 0) is 17.8 Å². The predicted octanol–water partition coefficient (Wildman–Crippen LogP) is 8.13. The fraction of sp³-hybridized carbons (Fsp3) is 0.435. The number of nitrogens with two attached hydrogens (primary N) is 2. The van der Waals surface area contributed by atoms with Gasteiger partial charge in [-0.2, -0.15) is 4.98 Å². The summed E-state index contributed by atoms with van der Waals surface area (Å²) in [6, 6.07) is 13.1. The number of anilines is 2. The number of nitrogens with zero attached hydrogens (tertiary/aromatic N) is 6. The van der Waals surface area contributed by atoms with E-state index in [4.69, 9.17) is 35.2 Å². The van der Waals surface area contributed by atoms with E-state index in [1.807, 2.05) is 38.1 Å². The first-order valence-corrected chi connectivity index (χ1v) is 21.1. The number of unbranched alkanes of at least 4 members (excludes halogenated alkanes) is 2. The van der Waals surface area contributed by atoms with Crippen LogP contribution >= 0.6 is 12.4 Å². The number of nitrogens with one attached hydrogen (secondary N) is 2. The van der Waals surface area contributed by atoms with Gasteiger partial charge >= 0.3 is 0 Å². The monoisotopic (exact) mass is 942 g/mol. The first kappa shape index (κ1) is 54.0. The molecule has 0 amide bonds. The molecule has 16 nitrogen and oxygen atoms in total. The van der Waals surface area contributed by atoms with Crippen LogP contribution in [0.25, 0.3) is 11.0 Å². The van der Waals surface area contributed by atoms with Crippen LogP contribution in [0.4, 0.5) is 24.9 Å². The molecular weight excluding hydrogens is 881 g/mol. The van der Waals surface area contributed by atoms with Crippen LogP contribution in [0.2, 0.25) is 0 Å². The summed E-state index contributed by atoms with van der Waals surface area (Å²) in [5, 5.41) is 16.5. The SMILES string of the molecule is CCCC[C@](C)(CO)Nc1nc(NCc2ccc(OC)cc2OC)nc2cc(F)cnc12.CCCC[C@]1(C)COC(c2ncc(F)cc2F)=N1.COc1ccc(CN=C(N)N)c(OC)c1.Cl. The molecule has 0 saturated carbocycles. The van der Waals surface area contributed by atoms with Gasteiger partial charge in [0, 0.05) is 41.9 Å². The van der Waals surface area contributed by atoms with Crippen LogP contribution in [0.15, 0.2) is 70.9 Å². The first-order chi connectivity index (χ1) is 31.1. The van der Waals surface area contributed by atoms with E-state index in [1.165, 1.54) is 6.07 Å². The van der Waals surface area contributed by atoms with E-state index in [0.29, 0.717) is 59.7 Å². The van der Waals surface area contributed by atoms with Crippen LogP contribution in [0.5, 0.6) is 23.0 Å². The highest BCUT2D eigenvalue weighted by atomic mass is 35.5. The van der Waals surface area contributed by atoms with Crippen molar-refractivity contribution in [3.8, 4) is 23.0 Å². The van der Waals surface area contributed by atoms with Crippen LogP contribution in [0.1, 0.15) is 83.0 Å². The van der Waals surface area contributed by atoms with Crippen molar-refractivity contribution in [3.63, 3.8) is 0 Å². The van der Waals surface area contributed by atoms with E-state index < -0.39 is 23.0 Å². The molecule has 20 heteroatoms. The molecule has 1 aliphatic rings. The molecule has 0 unspecified atom stereocenters. The number of hydrogen-bond acceptors (Lipinski definition) is 14. The van der Waals surface area contributed by atoms with Crippen LogP contribution in [0.3, 0.4) is 0 Å². The van der Waals surface area contributed by atoms with Crippen molar-refractivity contribution in [2.45, 2.75) is 90.4 Å². The number of halogens is 4. The molecular formula is C46H62ClF3N10O6. The Morgan fingerprint density at radius 2 is 1.48 bits per heavy atom. The van der Waals surface area contributed by atoms with Crippen molar-refractivity contribution in [1.82, 2.24) is 19.9 Å². The average molecular weight is 944 g/mol.